The van der Waals surface area contributed by atoms with E-state index < -0.39 is 0 Å². The lowest BCUT2D eigenvalue weighted by molar-refractivity contribution is 0.335. The van der Waals surface area contributed by atoms with Gasteiger partial charge in [0.15, 0.2) is 5.82 Å². The Morgan fingerprint density at radius 2 is 1.66 bits per heavy atom. The Bertz CT molecular complexity index is 2090. The molecular weight excluding hydrogens is 551 g/mol. The van der Waals surface area contributed by atoms with Gasteiger partial charge in [-0.2, -0.15) is 9.78 Å². The third-order valence-electron chi connectivity index (χ3n) is 8.11. The summed E-state index contributed by atoms with van der Waals surface area (Å²) in [5.41, 5.74) is 7.10. The van der Waals surface area contributed by atoms with E-state index in [4.69, 9.17) is 14.8 Å². The topological polar surface area (TPSA) is 61.4 Å². The van der Waals surface area contributed by atoms with Crippen molar-refractivity contribution in [2.75, 3.05) is 6.61 Å². The third kappa shape index (κ3) is 5.30. The Balaban J connectivity index is 1.54. The van der Waals surface area contributed by atoms with Gasteiger partial charge in [0.25, 0.3) is 5.56 Å². The minimum Gasteiger partial charge on any atom is -0.494 e. The van der Waals surface area contributed by atoms with Crippen LogP contribution in [0.5, 0.6) is 5.75 Å². The third-order valence-corrected chi connectivity index (χ3v) is 8.11. The van der Waals surface area contributed by atoms with E-state index in [0.29, 0.717) is 29.9 Å². The molecule has 0 atom stereocenters. The summed E-state index contributed by atoms with van der Waals surface area (Å²) in [5, 5.41) is 6.35. The number of hydrogen-bond donors (Lipinski definition) is 0. The Labute approximate surface area is 256 Å². The lowest BCUT2D eigenvalue weighted by atomic mass is 9.96. The molecule has 6 rings (SSSR count). The normalized spacial score (nSPS) is 11.8. The number of aromatic nitrogens is 3. The second-order valence-electron chi connectivity index (χ2n) is 11.3. The predicted octanol–water partition coefficient (Wildman–Crippen LogP) is 8.23. The maximum Gasteiger partial charge on any atom is 0.282 e. The van der Waals surface area contributed by atoms with Crippen molar-refractivity contribution >= 4 is 28.0 Å². The first kappa shape index (κ1) is 29.1. The first-order chi connectivity index (χ1) is 21.3. The molecule has 6 nitrogen and oxygen atoms in total. The van der Waals surface area contributed by atoms with Crippen LogP contribution >= 0.6 is 0 Å². The first-order valence-electron chi connectivity index (χ1n) is 14.9. The smallest absolute Gasteiger partial charge is 0.282 e. The highest BCUT2D eigenvalue weighted by Gasteiger charge is 2.19. The molecule has 0 bridgehead atoms. The molecular formula is C37H35FN4O2. The highest BCUT2D eigenvalue weighted by Crippen LogP contribution is 2.34. The predicted molar refractivity (Wildman–Crippen MR) is 177 cm³/mol. The molecule has 4 aromatic carbocycles. The summed E-state index contributed by atoms with van der Waals surface area (Å²) in [6.45, 7) is 11.4. The fourth-order valence-electron chi connectivity index (χ4n) is 5.79. The zero-order valence-electron chi connectivity index (χ0n) is 25.6. The van der Waals surface area contributed by atoms with Gasteiger partial charge >= 0.3 is 0 Å². The zero-order chi connectivity index (χ0) is 31.0. The number of rotatable bonds is 8. The number of ether oxygens (including phenoxy) is 1. The van der Waals surface area contributed by atoms with Crippen molar-refractivity contribution in [3.63, 3.8) is 0 Å². The number of fused-ring (bicyclic) bond motifs is 2. The first-order valence-corrected chi connectivity index (χ1v) is 14.9. The largest absolute Gasteiger partial charge is 0.494 e. The number of aryl methyl sites for hydroxylation is 1. The van der Waals surface area contributed by atoms with Crippen LogP contribution < -0.4 is 10.3 Å². The van der Waals surface area contributed by atoms with Gasteiger partial charge in [-0.1, -0.05) is 56.3 Å². The van der Waals surface area contributed by atoms with E-state index in [9.17, 15) is 9.18 Å². The number of halogens is 1. The molecule has 2 heterocycles. The monoisotopic (exact) mass is 586 g/mol. The van der Waals surface area contributed by atoms with Crippen LogP contribution in [0.4, 0.5) is 4.39 Å². The number of nitrogens with zero attached hydrogens (tertiary/aromatic N) is 4. The van der Waals surface area contributed by atoms with E-state index in [1.54, 1.807) is 24.4 Å². The average Bonchev–Trinajstić information content (AvgIpc) is 3.28. The van der Waals surface area contributed by atoms with Crippen molar-refractivity contribution in [2.45, 2.75) is 47.1 Å². The summed E-state index contributed by atoms with van der Waals surface area (Å²) in [5.74, 6) is 1.26. The van der Waals surface area contributed by atoms with Crippen molar-refractivity contribution in [3.8, 4) is 17.1 Å². The van der Waals surface area contributed by atoms with E-state index in [0.717, 1.165) is 50.2 Å². The lowest BCUT2D eigenvalue weighted by Crippen LogP contribution is -2.21. The molecule has 0 aliphatic heterocycles. The molecule has 0 amide bonds. The number of para-hydroxylation sites is 2. The Kier molecular flexibility index (Phi) is 7.87. The lowest BCUT2D eigenvalue weighted by Gasteiger charge is -2.18. The second kappa shape index (κ2) is 11.9. The maximum atomic E-state index is 14.0. The van der Waals surface area contributed by atoms with Gasteiger partial charge in [-0.25, -0.2) is 9.37 Å². The fraction of sp³-hybridized carbons (Fsp3) is 0.216. The van der Waals surface area contributed by atoms with Crippen LogP contribution in [0.25, 0.3) is 33.2 Å². The molecule has 0 fully saturated rings. The summed E-state index contributed by atoms with van der Waals surface area (Å²) < 4.78 is 23.2. The highest BCUT2D eigenvalue weighted by atomic mass is 19.1. The Hall–Kier alpha value is -5.04. The minimum atomic E-state index is -0.260. The highest BCUT2D eigenvalue weighted by molar-refractivity contribution is 6.01. The van der Waals surface area contributed by atoms with Gasteiger partial charge in [0.1, 0.15) is 11.6 Å². The van der Waals surface area contributed by atoms with Gasteiger partial charge in [0.05, 0.1) is 23.7 Å². The van der Waals surface area contributed by atoms with E-state index >= 15 is 0 Å². The summed E-state index contributed by atoms with van der Waals surface area (Å²) >= 11 is 0. The average molecular weight is 587 g/mol. The molecule has 44 heavy (non-hydrogen) atoms. The SMILES string of the molecule is CCOc1cc(C)c(-c2nc3ccccc3c(=O)n2N=Cc2c(C)n(Cc3ccc(F)cc3)c3ccccc23)cc1C(C)C. The van der Waals surface area contributed by atoms with Crippen LogP contribution in [-0.4, -0.2) is 27.0 Å². The Morgan fingerprint density at radius 3 is 2.39 bits per heavy atom. The van der Waals surface area contributed by atoms with Crippen LogP contribution in [0, 0.1) is 19.7 Å². The molecule has 6 aromatic rings. The van der Waals surface area contributed by atoms with Crippen LogP contribution in [0.1, 0.15) is 54.6 Å². The van der Waals surface area contributed by atoms with E-state index in [-0.39, 0.29) is 17.3 Å². The molecule has 0 saturated carbocycles. The molecule has 0 aliphatic carbocycles. The maximum absolute atomic E-state index is 14.0. The molecule has 222 valence electrons. The standard InChI is InChI=1S/C37H35FN4O2/c1-6-44-35-19-24(4)31(20-30(35)23(2)3)36-40-33-13-9-7-12-29(33)37(43)42(36)39-21-32-25(5)41(34-14-10-8-11-28(32)34)22-26-15-17-27(38)18-16-26/h7-21,23H,6,22H2,1-5H3. The molecule has 0 aliphatic rings. The number of benzene rings is 4. The van der Waals surface area contributed by atoms with Gasteiger partial charge in [-0.05, 0) is 85.8 Å². The molecule has 0 spiro atoms. The van der Waals surface area contributed by atoms with Crippen LogP contribution in [0.2, 0.25) is 0 Å². The summed E-state index contributed by atoms with van der Waals surface area (Å²) in [6, 6.07) is 26.1. The Morgan fingerprint density at radius 1 is 0.955 bits per heavy atom. The van der Waals surface area contributed by atoms with Gasteiger partial charge in [0, 0.05) is 34.3 Å². The van der Waals surface area contributed by atoms with Crippen molar-refractivity contribution in [1.82, 2.24) is 14.2 Å². The molecule has 0 saturated heterocycles. The van der Waals surface area contributed by atoms with Gasteiger partial charge in [-0.3, -0.25) is 4.79 Å². The van der Waals surface area contributed by atoms with E-state index in [1.807, 2.05) is 57.2 Å². The van der Waals surface area contributed by atoms with Crippen LogP contribution in [-0.2, 0) is 6.54 Å². The van der Waals surface area contributed by atoms with Crippen molar-refractivity contribution < 1.29 is 9.13 Å². The van der Waals surface area contributed by atoms with Crippen molar-refractivity contribution in [3.05, 3.63) is 129 Å². The minimum absolute atomic E-state index is 0.204. The van der Waals surface area contributed by atoms with Crippen molar-refractivity contribution in [1.29, 1.82) is 0 Å². The van der Waals surface area contributed by atoms with Crippen LogP contribution in [0.3, 0.4) is 0 Å². The van der Waals surface area contributed by atoms with E-state index in [1.165, 1.54) is 16.8 Å². The quantitative estimate of drug-likeness (QED) is 0.169. The molecule has 0 unspecified atom stereocenters. The summed E-state index contributed by atoms with van der Waals surface area (Å²) in [7, 11) is 0. The molecule has 2 aromatic heterocycles. The van der Waals surface area contributed by atoms with E-state index in [2.05, 4.69) is 36.6 Å². The summed E-state index contributed by atoms with van der Waals surface area (Å²) in [6.07, 6.45) is 1.76. The fourth-order valence-corrected chi connectivity index (χ4v) is 5.79. The molecule has 0 N–H and O–H groups in total. The zero-order valence-corrected chi connectivity index (χ0v) is 25.6. The molecule has 0 radical (unpaired) electrons. The van der Waals surface area contributed by atoms with Gasteiger partial charge in [0.2, 0.25) is 0 Å². The van der Waals surface area contributed by atoms with Gasteiger partial charge < -0.3 is 9.30 Å². The van der Waals surface area contributed by atoms with Crippen molar-refractivity contribution in [2.24, 2.45) is 5.10 Å². The van der Waals surface area contributed by atoms with Crippen LogP contribution in [0.15, 0.2) is 94.8 Å². The number of hydrogen-bond acceptors (Lipinski definition) is 4. The molecule has 7 heteroatoms. The van der Waals surface area contributed by atoms with Gasteiger partial charge in [-0.15, -0.1) is 0 Å². The summed E-state index contributed by atoms with van der Waals surface area (Å²) in [4.78, 5) is 19.0. The second-order valence-corrected chi connectivity index (χ2v) is 11.3.